The molecule has 0 radical (unpaired) electrons. The van der Waals surface area contributed by atoms with Crippen molar-refractivity contribution in [1.29, 1.82) is 0 Å². The highest BCUT2D eigenvalue weighted by atomic mass is 32.1. The van der Waals surface area contributed by atoms with Gasteiger partial charge in [-0.1, -0.05) is 20.3 Å². The van der Waals surface area contributed by atoms with E-state index in [2.05, 4.69) is 13.8 Å². The third-order valence-corrected chi connectivity index (χ3v) is 5.39. The quantitative estimate of drug-likeness (QED) is 0.779. The molecule has 2 heterocycles. The first kappa shape index (κ1) is 15.2. The predicted molar refractivity (Wildman–Crippen MR) is 82.2 cm³/mol. The number of nitrogens with zero attached hydrogens (tertiary/aromatic N) is 1. The average Bonchev–Trinajstić information content (AvgIpc) is 2.87. The van der Waals surface area contributed by atoms with Crippen LogP contribution in [0, 0.1) is 5.92 Å². The van der Waals surface area contributed by atoms with E-state index < -0.39 is 0 Å². The van der Waals surface area contributed by atoms with Crippen LogP contribution in [-0.4, -0.2) is 29.7 Å². The lowest BCUT2D eigenvalue weighted by molar-refractivity contribution is -0.130. The Kier molecular flexibility index (Phi) is 5.35. The molecule has 3 nitrogen and oxygen atoms in total. The van der Waals surface area contributed by atoms with E-state index >= 15 is 0 Å². The van der Waals surface area contributed by atoms with Crippen LogP contribution in [0.4, 0.5) is 0 Å². The van der Waals surface area contributed by atoms with Crippen molar-refractivity contribution in [2.45, 2.75) is 46.0 Å². The van der Waals surface area contributed by atoms with Gasteiger partial charge >= 0.3 is 0 Å². The molecule has 1 amide bonds. The number of likely N-dealkylation sites (tertiary alicyclic amines) is 1. The maximum atomic E-state index is 12.3. The van der Waals surface area contributed by atoms with Crippen LogP contribution >= 0.6 is 11.3 Å². The second-order valence-corrected chi connectivity index (χ2v) is 6.63. The van der Waals surface area contributed by atoms with Crippen molar-refractivity contribution in [1.82, 2.24) is 4.90 Å². The van der Waals surface area contributed by atoms with Crippen LogP contribution in [0.2, 0.25) is 0 Å². The number of carbonyl (C=O) groups is 2. The number of amides is 1. The Morgan fingerprint density at radius 2 is 2.15 bits per heavy atom. The van der Waals surface area contributed by atoms with Crippen LogP contribution < -0.4 is 0 Å². The van der Waals surface area contributed by atoms with Gasteiger partial charge in [0.2, 0.25) is 5.91 Å². The van der Waals surface area contributed by atoms with E-state index in [0.29, 0.717) is 12.3 Å². The fraction of sp³-hybridized carbons (Fsp3) is 0.625. The summed E-state index contributed by atoms with van der Waals surface area (Å²) in [4.78, 5) is 28.1. The number of rotatable bonds is 5. The lowest BCUT2D eigenvalue weighted by Crippen LogP contribution is -2.35. The maximum Gasteiger partial charge on any atom is 0.222 e. The zero-order valence-electron chi connectivity index (χ0n) is 12.4. The van der Waals surface area contributed by atoms with Crippen LogP contribution in [0.15, 0.2) is 12.1 Å². The summed E-state index contributed by atoms with van der Waals surface area (Å²) in [7, 11) is 0. The Balaban J connectivity index is 1.97. The normalized spacial score (nSPS) is 20.0. The van der Waals surface area contributed by atoms with Crippen molar-refractivity contribution >= 4 is 23.0 Å². The molecule has 0 aromatic carbocycles. The second-order valence-electron chi connectivity index (χ2n) is 5.46. The molecule has 1 aliphatic heterocycles. The van der Waals surface area contributed by atoms with E-state index in [1.54, 1.807) is 16.2 Å². The molecule has 1 saturated heterocycles. The van der Waals surface area contributed by atoms with E-state index in [4.69, 9.17) is 0 Å². The van der Waals surface area contributed by atoms with E-state index in [1.165, 1.54) is 4.88 Å². The van der Waals surface area contributed by atoms with E-state index in [0.717, 1.165) is 37.1 Å². The lowest BCUT2D eigenvalue weighted by atomic mass is 9.98. The molecule has 0 spiro atoms. The molecule has 0 aliphatic carbocycles. The summed E-state index contributed by atoms with van der Waals surface area (Å²) in [6, 6.07) is 3.90. The van der Waals surface area contributed by atoms with Gasteiger partial charge in [0.1, 0.15) is 0 Å². The number of hydrogen-bond acceptors (Lipinski definition) is 3. The molecule has 0 N–H and O–H groups in total. The Morgan fingerprint density at radius 1 is 1.35 bits per heavy atom. The molecular formula is C16H23NO2S. The minimum atomic E-state index is 0.0815. The lowest BCUT2D eigenvalue weighted by Gasteiger charge is -2.19. The molecule has 2 rings (SSSR count). The summed E-state index contributed by atoms with van der Waals surface area (Å²) in [5.74, 6) is 0.854. The first-order valence-corrected chi connectivity index (χ1v) is 8.35. The summed E-state index contributed by atoms with van der Waals surface area (Å²) in [5, 5.41) is 0. The number of Topliss-reactive ketones (excluding diaryl/α,β-unsaturated/α-hetero) is 1. The van der Waals surface area contributed by atoms with Crippen LogP contribution in [0.25, 0.3) is 0 Å². The highest BCUT2D eigenvalue weighted by Gasteiger charge is 2.24. The van der Waals surface area contributed by atoms with E-state index in [1.807, 2.05) is 12.1 Å². The molecule has 1 fully saturated rings. The van der Waals surface area contributed by atoms with Gasteiger partial charge in [-0.25, -0.2) is 0 Å². The van der Waals surface area contributed by atoms with Crippen molar-refractivity contribution in [3.8, 4) is 0 Å². The Morgan fingerprint density at radius 3 is 2.80 bits per heavy atom. The molecular weight excluding hydrogens is 270 g/mol. The average molecular weight is 293 g/mol. The number of hydrogen-bond donors (Lipinski definition) is 0. The highest BCUT2D eigenvalue weighted by molar-refractivity contribution is 7.14. The van der Waals surface area contributed by atoms with Gasteiger partial charge in [0.05, 0.1) is 11.4 Å². The highest BCUT2D eigenvalue weighted by Crippen LogP contribution is 2.22. The monoisotopic (exact) mass is 293 g/mol. The summed E-state index contributed by atoms with van der Waals surface area (Å²) in [6.07, 6.45) is 4.67. The molecule has 4 heteroatoms. The van der Waals surface area contributed by atoms with Crippen molar-refractivity contribution in [2.24, 2.45) is 5.92 Å². The van der Waals surface area contributed by atoms with Gasteiger partial charge < -0.3 is 4.90 Å². The minimum absolute atomic E-state index is 0.0815. The predicted octanol–water partition coefficient (Wildman–Crippen LogP) is 3.53. The summed E-state index contributed by atoms with van der Waals surface area (Å²) < 4.78 is 0. The van der Waals surface area contributed by atoms with Crippen molar-refractivity contribution in [3.63, 3.8) is 0 Å². The third kappa shape index (κ3) is 3.69. The summed E-state index contributed by atoms with van der Waals surface area (Å²) in [5.41, 5.74) is 0. The van der Waals surface area contributed by atoms with Crippen molar-refractivity contribution < 1.29 is 9.59 Å². The van der Waals surface area contributed by atoms with Crippen LogP contribution in [-0.2, 0) is 11.2 Å². The van der Waals surface area contributed by atoms with Crippen LogP contribution in [0.5, 0.6) is 0 Å². The van der Waals surface area contributed by atoms with Gasteiger partial charge in [0.15, 0.2) is 5.78 Å². The zero-order valence-corrected chi connectivity index (χ0v) is 13.2. The number of ketones is 1. The zero-order chi connectivity index (χ0) is 14.5. The minimum Gasteiger partial charge on any atom is -0.335 e. The number of aryl methyl sites for hydroxylation is 1. The maximum absolute atomic E-state index is 12.3. The molecule has 1 aromatic rings. The van der Waals surface area contributed by atoms with Gasteiger partial charge in [-0.05, 0) is 37.3 Å². The SMILES string of the molecule is CCc1ccc(C(=O)CN2CCC(CC)CCC2=O)s1. The summed E-state index contributed by atoms with van der Waals surface area (Å²) in [6.45, 7) is 5.24. The molecule has 1 unspecified atom stereocenters. The largest absolute Gasteiger partial charge is 0.335 e. The van der Waals surface area contributed by atoms with Gasteiger partial charge in [0.25, 0.3) is 0 Å². The Labute approximate surface area is 125 Å². The Hall–Kier alpha value is -1.16. The molecule has 110 valence electrons. The fourth-order valence-corrected chi connectivity index (χ4v) is 3.52. The molecule has 20 heavy (non-hydrogen) atoms. The number of carbonyl (C=O) groups excluding carboxylic acids is 2. The first-order valence-electron chi connectivity index (χ1n) is 7.53. The van der Waals surface area contributed by atoms with Crippen LogP contribution in [0.3, 0.4) is 0 Å². The second kappa shape index (κ2) is 7.02. The van der Waals surface area contributed by atoms with Gasteiger partial charge in [-0.15, -0.1) is 11.3 Å². The molecule has 0 bridgehead atoms. The third-order valence-electron chi connectivity index (χ3n) is 4.12. The molecule has 1 atom stereocenters. The first-order chi connectivity index (χ1) is 9.63. The number of thiophene rings is 1. The molecule has 1 aromatic heterocycles. The van der Waals surface area contributed by atoms with E-state index in [9.17, 15) is 9.59 Å². The van der Waals surface area contributed by atoms with Gasteiger partial charge in [0, 0.05) is 17.8 Å². The van der Waals surface area contributed by atoms with Gasteiger partial charge in [-0.3, -0.25) is 9.59 Å². The molecule has 1 aliphatic rings. The van der Waals surface area contributed by atoms with Crippen molar-refractivity contribution in [2.75, 3.05) is 13.1 Å². The standard InChI is InChI=1S/C16H23NO2S/c1-3-12-5-8-16(19)17(10-9-12)11-14(18)15-7-6-13(4-2)20-15/h6-7,12H,3-5,8-11H2,1-2H3. The fourth-order valence-electron chi connectivity index (χ4n) is 2.64. The topological polar surface area (TPSA) is 37.4 Å². The Bertz CT molecular complexity index is 481. The smallest absolute Gasteiger partial charge is 0.222 e. The molecule has 0 saturated carbocycles. The summed E-state index contributed by atoms with van der Waals surface area (Å²) >= 11 is 1.55. The van der Waals surface area contributed by atoms with Crippen molar-refractivity contribution in [3.05, 3.63) is 21.9 Å². The van der Waals surface area contributed by atoms with Gasteiger partial charge in [-0.2, -0.15) is 0 Å². The van der Waals surface area contributed by atoms with Crippen LogP contribution in [0.1, 0.15) is 54.1 Å². The van der Waals surface area contributed by atoms with E-state index in [-0.39, 0.29) is 18.2 Å².